The summed E-state index contributed by atoms with van der Waals surface area (Å²) in [4.78, 5) is 19.9. The van der Waals surface area contributed by atoms with Crippen LogP contribution >= 0.6 is 0 Å². The summed E-state index contributed by atoms with van der Waals surface area (Å²) >= 11 is 0. The lowest BCUT2D eigenvalue weighted by Crippen LogP contribution is -2.41. The maximum atomic E-state index is 14.8. The van der Waals surface area contributed by atoms with Crippen molar-refractivity contribution in [2.45, 2.75) is 44.8 Å². The van der Waals surface area contributed by atoms with E-state index in [1.165, 1.54) is 29.3 Å². The maximum absolute atomic E-state index is 14.8. The zero-order valence-electron chi connectivity index (χ0n) is 22.4. The number of hydrogen-bond acceptors (Lipinski definition) is 6. The van der Waals surface area contributed by atoms with Gasteiger partial charge in [0.1, 0.15) is 35.6 Å². The van der Waals surface area contributed by atoms with Crippen LogP contribution in [0.1, 0.15) is 44.7 Å². The first-order valence-corrected chi connectivity index (χ1v) is 13.2. The summed E-state index contributed by atoms with van der Waals surface area (Å²) in [6.45, 7) is 4.44. The third-order valence-electron chi connectivity index (χ3n) is 7.08. The van der Waals surface area contributed by atoms with Crippen molar-refractivity contribution in [3.8, 4) is 16.9 Å². The Kier molecular flexibility index (Phi) is 7.80. The topological polar surface area (TPSA) is 78.3 Å². The molecule has 1 saturated heterocycles. The molecule has 5 rings (SSSR count). The molecule has 1 aromatic heterocycles. The van der Waals surface area contributed by atoms with Crippen molar-refractivity contribution < 1.29 is 27.8 Å². The van der Waals surface area contributed by atoms with E-state index < -0.39 is 29.1 Å². The second kappa shape index (κ2) is 11.3. The number of rotatable bonds is 7. The van der Waals surface area contributed by atoms with E-state index in [1.807, 2.05) is 4.90 Å². The average molecular weight is 553 g/mol. The van der Waals surface area contributed by atoms with E-state index >= 15 is 0 Å². The number of pyridine rings is 1. The smallest absolute Gasteiger partial charge is 0.246 e. The number of hydrazone groups is 1. The van der Waals surface area contributed by atoms with Crippen LogP contribution in [0.25, 0.3) is 11.1 Å². The second-order valence-electron chi connectivity index (χ2n) is 10.8. The number of benzene rings is 2. The molecule has 1 amide bonds. The van der Waals surface area contributed by atoms with Crippen molar-refractivity contribution >= 4 is 17.9 Å². The molecule has 0 saturated carbocycles. The van der Waals surface area contributed by atoms with E-state index in [0.717, 1.165) is 6.07 Å². The molecule has 2 aliphatic heterocycles. The van der Waals surface area contributed by atoms with Gasteiger partial charge in [-0.3, -0.25) is 4.79 Å². The second-order valence-corrected chi connectivity index (χ2v) is 10.8. The lowest BCUT2D eigenvalue weighted by molar-refractivity contribution is -0.138. The van der Waals surface area contributed by atoms with Crippen molar-refractivity contribution in [2.75, 3.05) is 24.6 Å². The third-order valence-corrected chi connectivity index (χ3v) is 7.08. The van der Waals surface area contributed by atoms with Crippen molar-refractivity contribution in [1.29, 1.82) is 0 Å². The first-order valence-electron chi connectivity index (χ1n) is 13.2. The number of aliphatic hydroxyl groups is 1. The van der Waals surface area contributed by atoms with Crippen LogP contribution in [0, 0.1) is 23.4 Å². The lowest BCUT2D eigenvalue weighted by Gasteiger charge is -2.34. The Labute approximate surface area is 230 Å². The van der Waals surface area contributed by atoms with Crippen LogP contribution in [-0.4, -0.2) is 52.5 Å². The number of aromatic nitrogens is 1. The van der Waals surface area contributed by atoms with E-state index in [9.17, 15) is 23.1 Å². The van der Waals surface area contributed by atoms with Crippen LogP contribution in [-0.2, 0) is 4.79 Å². The van der Waals surface area contributed by atoms with Gasteiger partial charge in [0.2, 0.25) is 5.91 Å². The molecule has 2 aromatic carbocycles. The molecule has 0 unspecified atom stereocenters. The van der Waals surface area contributed by atoms with Crippen LogP contribution in [0.2, 0.25) is 0 Å². The summed E-state index contributed by atoms with van der Waals surface area (Å²) in [7, 11) is 0. The number of amides is 1. The SMILES string of the molecule is CC(C)(O)COc1ccc(F)c(-c2ccnc(N3CCC(C(=O)N4N=CC[C@H]4c4cc(F)cc(F)c4)CC3)c2)c1. The summed E-state index contributed by atoms with van der Waals surface area (Å²) in [5.41, 5.74) is 0.342. The fourth-order valence-electron chi connectivity index (χ4n) is 5.05. The minimum Gasteiger partial charge on any atom is -0.491 e. The fourth-order valence-corrected chi connectivity index (χ4v) is 5.05. The van der Waals surface area contributed by atoms with Crippen molar-refractivity contribution in [1.82, 2.24) is 9.99 Å². The number of piperidine rings is 1. The van der Waals surface area contributed by atoms with Gasteiger partial charge in [-0.15, -0.1) is 0 Å². The van der Waals surface area contributed by atoms with Gasteiger partial charge in [0.25, 0.3) is 0 Å². The highest BCUT2D eigenvalue weighted by Crippen LogP contribution is 2.34. The average Bonchev–Trinajstić information content (AvgIpc) is 3.42. The summed E-state index contributed by atoms with van der Waals surface area (Å²) in [5.74, 6) is -1.14. The first kappa shape index (κ1) is 27.6. The van der Waals surface area contributed by atoms with Crippen LogP contribution in [0.15, 0.2) is 59.8 Å². The Bertz CT molecular complexity index is 1400. The Morgan fingerprint density at radius 2 is 1.77 bits per heavy atom. The number of carbonyl (C=O) groups is 1. The van der Waals surface area contributed by atoms with Gasteiger partial charge in [0.05, 0.1) is 11.6 Å². The molecule has 0 bridgehead atoms. The molecule has 40 heavy (non-hydrogen) atoms. The van der Waals surface area contributed by atoms with Gasteiger partial charge in [0.15, 0.2) is 0 Å². The van der Waals surface area contributed by atoms with Crippen LogP contribution in [0.4, 0.5) is 19.0 Å². The molecular weight excluding hydrogens is 521 g/mol. The highest BCUT2D eigenvalue weighted by Gasteiger charge is 2.35. The minimum atomic E-state index is -1.02. The molecular formula is C30H31F3N4O3. The van der Waals surface area contributed by atoms with Crippen LogP contribution < -0.4 is 9.64 Å². The number of hydrogen-bond donors (Lipinski definition) is 1. The van der Waals surface area contributed by atoms with E-state index in [4.69, 9.17) is 4.74 Å². The van der Waals surface area contributed by atoms with E-state index in [2.05, 4.69) is 10.1 Å². The molecule has 2 aliphatic rings. The molecule has 1 fully saturated rings. The highest BCUT2D eigenvalue weighted by molar-refractivity contribution is 5.82. The molecule has 210 valence electrons. The maximum Gasteiger partial charge on any atom is 0.246 e. The molecule has 10 heteroatoms. The Hall–Kier alpha value is -3.92. The van der Waals surface area contributed by atoms with E-state index in [-0.39, 0.29) is 18.4 Å². The quantitative estimate of drug-likeness (QED) is 0.419. The van der Waals surface area contributed by atoms with Gasteiger partial charge in [-0.2, -0.15) is 5.10 Å². The fraction of sp³-hybridized carbons (Fsp3) is 0.367. The van der Waals surface area contributed by atoms with Gasteiger partial charge in [-0.1, -0.05) is 0 Å². The zero-order chi connectivity index (χ0) is 28.4. The van der Waals surface area contributed by atoms with Crippen LogP contribution in [0.5, 0.6) is 5.75 Å². The number of carbonyl (C=O) groups excluding carboxylic acids is 1. The molecule has 7 nitrogen and oxygen atoms in total. The van der Waals surface area contributed by atoms with Gasteiger partial charge in [-0.25, -0.2) is 23.2 Å². The van der Waals surface area contributed by atoms with Crippen molar-refractivity contribution in [3.63, 3.8) is 0 Å². The standard InChI is InChI=1S/C30H31F3N4O3/c1-30(2,39)18-40-24-3-4-26(33)25(17-24)20-5-9-34-28(15-20)36-11-7-19(8-12-36)29(38)37-27(6-10-35-37)21-13-22(31)16-23(32)14-21/h3-5,9-10,13-17,19,27,39H,6-8,11-12,18H2,1-2H3/t27-/m0/s1. The summed E-state index contributed by atoms with van der Waals surface area (Å²) in [6, 6.07) is 10.7. The molecule has 3 aromatic rings. The monoisotopic (exact) mass is 552 g/mol. The first-order chi connectivity index (χ1) is 19.1. The molecule has 1 atom stereocenters. The van der Waals surface area contributed by atoms with Gasteiger partial charge in [0, 0.05) is 49.5 Å². The van der Waals surface area contributed by atoms with Gasteiger partial charge in [-0.05, 0) is 80.3 Å². The molecule has 0 spiro atoms. The summed E-state index contributed by atoms with van der Waals surface area (Å²) in [6.07, 6.45) is 4.71. The molecule has 1 N–H and O–H groups in total. The highest BCUT2D eigenvalue weighted by atomic mass is 19.1. The third kappa shape index (κ3) is 6.28. The number of ether oxygens (including phenoxy) is 1. The Morgan fingerprint density at radius 3 is 2.48 bits per heavy atom. The number of halogens is 3. The van der Waals surface area contributed by atoms with Crippen LogP contribution in [0.3, 0.4) is 0 Å². The Balaban J connectivity index is 1.25. The normalized spacial score (nSPS) is 17.9. The van der Waals surface area contributed by atoms with Crippen molar-refractivity contribution in [2.24, 2.45) is 11.0 Å². The number of anilines is 1. The lowest BCUT2D eigenvalue weighted by atomic mass is 9.94. The Morgan fingerprint density at radius 1 is 1.05 bits per heavy atom. The predicted molar refractivity (Wildman–Crippen MR) is 145 cm³/mol. The molecule has 3 heterocycles. The van der Waals surface area contributed by atoms with Gasteiger partial charge < -0.3 is 14.7 Å². The number of nitrogens with zero attached hydrogens (tertiary/aromatic N) is 4. The molecule has 0 radical (unpaired) electrons. The summed E-state index contributed by atoms with van der Waals surface area (Å²) < 4.78 is 48.0. The predicted octanol–water partition coefficient (Wildman–Crippen LogP) is 5.49. The molecule has 0 aliphatic carbocycles. The largest absolute Gasteiger partial charge is 0.491 e. The minimum absolute atomic E-state index is 0.0654. The van der Waals surface area contributed by atoms with Crippen molar-refractivity contribution in [3.05, 3.63) is 77.7 Å². The van der Waals surface area contributed by atoms with E-state index in [1.54, 1.807) is 44.5 Å². The van der Waals surface area contributed by atoms with E-state index in [0.29, 0.717) is 60.6 Å². The zero-order valence-corrected chi connectivity index (χ0v) is 22.4. The van der Waals surface area contributed by atoms with Gasteiger partial charge >= 0.3 is 0 Å². The summed E-state index contributed by atoms with van der Waals surface area (Å²) in [5, 5.41) is 15.5.